The molecular weight excluding hydrogens is 408 g/mol. The molecular formula is C22H21ClN2O3S. The van der Waals surface area contributed by atoms with Crippen molar-refractivity contribution in [3.8, 4) is 0 Å². The van der Waals surface area contributed by atoms with Gasteiger partial charge < -0.3 is 4.90 Å². The number of carbonyl (C=O) groups excluding carboxylic acids is 1. The first-order valence-electron chi connectivity index (χ1n) is 8.95. The summed E-state index contributed by atoms with van der Waals surface area (Å²) >= 11 is 6.00. The van der Waals surface area contributed by atoms with Crippen LogP contribution < -0.4 is 4.72 Å². The predicted molar refractivity (Wildman–Crippen MR) is 116 cm³/mol. The van der Waals surface area contributed by atoms with Gasteiger partial charge in [-0.2, -0.15) is 0 Å². The van der Waals surface area contributed by atoms with Crippen LogP contribution in [0.5, 0.6) is 0 Å². The number of hydrogen-bond donors (Lipinski definition) is 1. The Hall–Kier alpha value is -2.83. The molecule has 0 aliphatic rings. The minimum atomic E-state index is -3.82. The lowest BCUT2D eigenvalue weighted by Gasteiger charge is -2.18. The zero-order valence-electron chi connectivity index (χ0n) is 16.1. The molecule has 0 fully saturated rings. The van der Waals surface area contributed by atoms with Gasteiger partial charge in [0, 0.05) is 24.2 Å². The Kier molecular flexibility index (Phi) is 6.25. The third-order valence-electron chi connectivity index (χ3n) is 4.44. The first-order valence-corrected chi connectivity index (χ1v) is 10.8. The normalized spacial score (nSPS) is 11.1. The number of halogens is 1. The number of sulfonamides is 1. The second kappa shape index (κ2) is 8.68. The van der Waals surface area contributed by atoms with Gasteiger partial charge in [0.15, 0.2) is 0 Å². The summed E-state index contributed by atoms with van der Waals surface area (Å²) in [5.74, 6) is -0.280. The summed E-state index contributed by atoms with van der Waals surface area (Å²) in [6.45, 7) is 2.18. The summed E-state index contributed by atoms with van der Waals surface area (Å²) in [4.78, 5) is 14.4. The molecule has 7 heteroatoms. The topological polar surface area (TPSA) is 66.5 Å². The maximum absolute atomic E-state index is 12.8. The molecule has 0 spiro atoms. The number of nitrogens with zero attached hydrogens (tertiary/aromatic N) is 1. The maximum atomic E-state index is 12.8. The van der Waals surface area contributed by atoms with Crippen LogP contribution in [0, 0.1) is 6.92 Å². The smallest absolute Gasteiger partial charge is 0.261 e. The van der Waals surface area contributed by atoms with Gasteiger partial charge in [0.1, 0.15) is 0 Å². The fourth-order valence-corrected chi connectivity index (χ4v) is 4.28. The highest BCUT2D eigenvalue weighted by Gasteiger charge is 2.19. The van der Waals surface area contributed by atoms with Crippen molar-refractivity contribution in [3.05, 3.63) is 94.5 Å². The summed E-state index contributed by atoms with van der Waals surface area (Å²) in [5.41, 5.74) is 2.49. The molecule has 1 N–H and O–H groups in total. The minimum Gasteiger partial charge on any atom is -0.337 e. The summed E-state index contributed by atoms with van der Waals surface area (Å²) in [6.07, 6.45) is 0. The molecule has 0 aromatic heterocycles. The maximum Gasteiger partial charge on any atom is 0.261 e. The van der Waals surface area contributed by atoms with E-state index in [1.807, 2.05) is 31.2 Å². The standard InChI is InChI=1S/C22H21ClN2O3S/c1-16-7-3-4-12-21(16)24-29(27,28)20-11-6-9-18(14-20)22(26)25(2)15-17-8-5-10-19(23)13-17/h3-14,24H,15H2,1-2H3. The highest BCUT2D eigenvalue weighted by Crippen LogP contribution is 2.21. The number of benzene rings is 3. The molecule has 1 amide bonds. The van der Waals surface area contributed by atoms with Gasteiger partial charge in [0.05, 0.1) is 10.6 Å². The fourth-order valence-electron chi connectivity index (χ4n) is 2.89. The van der Waals surface area contributed by atoms with Crippen molar-refractivity contribution >= 4 is 33.2 Å². The van der Waals surface area contributed by atoms with E-state index >= 15 is 0 Å². The number of carbonyl (C=O) groups is 1. The molecule has 5 nitrogen and oxygen atoms in total. The monoisotopic (exact) mass is 428 g/mol. The number of para-hydroxylation sites is 1. The summed E-state index contributed by atoms with van der Waals surface area (Å²) in [5, 5.41) is 0.596. The van der Waals surface area contributed by atoms with Gasteiger partial charge in [-0.05, 0) is 54.4 Å². The SMILES string of the molecule is Cc1ccccc1NS(=O)(=O)c1cccc(C(=O)N(C)Cc2cccc(Cl)c2)c1. The number of aryl methyl sites for hydroxylation is 1. The Morgan fingerprint density at radius 2 is 1.72 bits per heavy atom. The van der Waals surface area contributed by atoms with Crippen LogP contribution in [-0.2, 0) is 16.6 Å². The van der Waals surface area contributed by atoms with Crippen molar-refractivity contribution in [3.63, 3.8) is 0 Å². The lowest BCUT2D eigenvalue weighted by Crippen LogP contribution is -2.26. The molecule has 3 aromatic rings. The van der Waals surface area contributed by atoms with Gasteiger partial charge in [0.2, 0.25) is 0 Å². The van der Waals surface area contributed by atoms with E-state index in [-0.39, 0.29) is 10.8 Å². The van der Waals surface area contributed by atoms with Crippen molar-refractivity contribution in [2.24, 2.45) is 0 Å². The third kappa shape index (κ3) is 5.16. The summed E-state index contributed by atoms with van der Waals surface area (Å²) in [7, 11) is -2.16. The van der Waals surface area contributed by atoms with Crippen LogP contribution in [0.1, 0.15) is 21.5 Å². The number of hydrogen-bond acceptors (Lipinski definition) is 3. The molecule has 0 unspecified atom stereocenters. The van der Waals surface area contributed by atoms with Crippen molar-refractivity contribution in [1.29, 1.82) is 0 Å². The minimum absolute atomic E-state index is 0.0303. The van der Waals surface area contributed by atoms with E-state index in [0.29, 0.717) is 22.8 Å². The summed E-state index contributed by atoms with van der Waals surface area (Å²) in [6, 6.07) is 20.4. The van der Waals surface area contributed by atoms with Gasteiger partial charge in [0.25, 0.3) is 15.9 Å². The Balaban J connectivity index is 1.81. The average molecular weight is 429 g/mol. The zero-order chi connectivity index (χ0) is 21.0. The van der Waals surface area contributed by atoms with E-state index in [1.54, 1.807) is 43.4 Å². The van der Waals surface area contributed by atoms with E-state index in [2.05, 4.69) is 4.72 Å². The third-order valence-corrected chi connectivity index (χ3v) is 6.03. The molecule has 0 heterocycles. The molecule has 29 heavy (non-hydrogen) atoms. The van der Waals surface area contributed by atoms with Crippen LogP contribution in [0.25, 0.3) is 0 Å². The van der Waals surface area contributed by atoms with E-state index in [1.165, 1.54) is 17.0 Å². The van der Waals surface area contributed by atoms with Crippen LogP contribution in [0.3, 0.4) is 0 Å². The molecule has 0 bridgehead atoms. The van der Waals surface area contributed by atoms with Gasteiger partial charge >= 0.3 is 0 Å². The number of rotatable bonds is 6. The van der Waals surface area contributed by atoms with E-state index < -0.39 is 10.0 Å². The molecule has 3 aromatic carbocycles. The van der Waals surface area contributed by atoms with E-state index in [0.717, 1.165) is 11.1 Å². The zero-order valence-corrected chi connectivity index (χ0v) is 17.7. The Labute approximate surface area is 176 Å². The van der Waals surface area contributed by atoms with Crippen LogP contribution in [0.2, 0.25) is 5.02 Å². The van der Waals surface area contributed by atoms with Crippen LogP contribution >= 0.6 is 11.6 Å². The highest BCUT2D eigenvalue weighted by molar-refractivity contribution is 7.92. The molecule has 150 valence electrons. The number of amides is 1. The first-order chi connectivity index (χ1) is 13.8. The Bertz CT molecular complexity index is 1150. The van der Waals surface area contributed by atoms with Crippen molar-refractivity contribution < 1.29 is 13.2 Å². The lowest BCUT2D eigenvalue weighted by molar-refractivity contribution is 0.0785. The van der Waals surface area contributed by atoms with Crippen LogP contribution in [0.15, 0.2) is 77.7 Å². The molecule has 0 aliphatic carbocycles. The first kappa shape index (κ1) is 20.9. The molecule has 0 aliphatic heterocycles. The molecule has 0 saturated heterocycles. The second-order valence-electron chi connectivity index (χ2n) is 6.74. The predicted octanol–water partition coefficient (Wildman–Crippen LogP) is 4.72. The van der Waals surface area contributed by atoms with Crippen molar-refractivity contribution in [2.45, 2.75) is 18.4 Å². The molecule has 0 saturated carbocycles. The quantitative estimate of drug-likeness (QED) is 0.617. The van der Waals surface area contributed by atoms with Crippen molar-refractivity contribution in [2.75, 3.05) is 11.8 Å². The van der Waals surface area contributed by atoms with Gasteiger partial charge in [-0.1, -0.05) is 48.0 Å². The van der Waals surface area contributed by atoms with Gasteiger partial charge in [-0.3, -0.25) is 9.52 Å². The summed E-state index contributed by atoms with van der Waals surface area (Å²) < 4.78 is 28.1. The number of anilines is 1. The average Bonchev–Trinajstić information content (AvgIpc) is 2.69. The molecule has 0 atom stereocenters. The Morgan fingerprint density at radius 3 is 2.45 bits per heavy atom. The van der Waals surface area contributed by atoms with E-state index in [9.17, 15) is 13.2 Å². The van der Waals surface area contributed by atoms with Gasteiger partial charge in [-0.25, -0.2) is 8.42 Å². The van der Waals surface area contributed by atoms with Crippen LogP contribution in [0.4, 0.5) is 5.69 Å². The fraction of sp³-hybridized carbons (Fsp3) is 0.136. The largest absolute Gasteiger partial charge is 0.337 e. The lowest BCUT2D eigenvalue weighted by atomic mass is 10.1. The highest BCUT2D eigenvalue weighted by atomic mass is 35.5. The Morgan fingerprint density at radius 1 is 1.00 bits per heavy atom. The van der Waals surface area contributed by atoms with E-state index in [4.69, 9.17) is 11.6 Å². The number of nitrogens with one attached hydrogen (secondary N) is 1. The molecule has 3 rings (SSSR count). The molecule has 0 radical (unpaired) electrons. The van der Waals surface area contributed by atoms with Crippen LogP contribution in [-0.4, -0.2) is 26.3 Å². The van der Waals surface area contributed by atoms with Gasteiger partial charge in [-0.15, -0.1) is 0 Å². The van der Waals surface area contributed by atoms with Crippen molar-refractivity contribution in [1.82, 2.24) is 4.90 Å². The second-order valence-corrected chi connectivity index (χ2v) is 8.86.